The predicted molar refractivity (Wildman–Crippen MR) is 118 cm³/mol. The van der Waals surface area contributed by atoms with Crippen molar-refractivity contribution in [3.05, 3.63) is 54.1 Å². The summed E-state index contributed by atoms with van der Waals surface area (Å²) in [4.78, 5) is 57.7. The summed E-state index contributed by atoms with van der Waals surface area (Å²) in [5, 5.41) is 13.9. The van der Waals surface area contributed by atoms with Gasteiger partial charge in [-0.2, -0.15) is 0 Å². The third-order valence-electron chi connectivity index (χ3n) is 5.48. The molecule has 33 heavy (non-hydrogen) atoms. The van der Waals surface area contributed by atoms with Gasteiger partial charge in [-0.25, -0.2) is 4.98 Å². The molecule has 0 bridgehead atoms. The van der Waals surface area contributed by atoms with Gasteiger partial charge in [0, 0.05) is 31.3 Å². The second-order valence-corrected chi connectivity index (χ2v) is 7.94. The van der Waals surface area contributed by atoms with Crippen molar-refractivity contribution in [2.45, 2.75) is 43.8 Å². The van der Waals surface area contributed by atoms with Crippen LogP contribution in [0.5, 0.6) is 0 Å². The zero-order chi connectivity index (χ0) is 23.8. The maximum absolute atomic E-state index is 13.4. The molecule has 0 spiro atoms. The number of rotatable bonds is 10. The fourth-order valence-electron chi connectivity index (χ4n) is 3.84. The summed E-state index contributed by atoms with van der Waals surface area (Å²) in [5.74, 6) is -2.59. The number of aliphatic carboxylic acids is 1. The molecule has 11 heteroatoms. The van der Waals surface area contributed by atoms with Gasteiger partial charge in [-0.05, 0) is 18.4 Å². The number of benzene rings is 1. The molecule has 1 aromatic heterocycles. The number of carboxylic acids is 1. The molecule has 6 N–H and O–H groups in total. The summed E-state index contributed by atoms with van der Waals surface area (Å²) in [6.45, 7) is -0.185. The van der Waals surface area contributed by atoms with Gasteiger partial charge in [-0.15, -0.1) is 0 Å². The Bertz CT molecular complexity index is 965. The Morgan fingerprint density at radius 3 is 2.64 bits per heavy atom. The molecular weight excluding hydrogens is 428 g/mol. The third-order valence-corrected chi connectivity index (χ3v) is 5.48. The van der Waals surface area contributed by atoms with Crippen LogP contribution in [-0.2, 0) is 32.0 Å². The first-order valence-electron chi connectivity index (χ1n) is 10.7. The molecule has 1 aliphatic rings. The van der Waals surface area contributed by atoms with E-state index in [9.17, 15) is 19.2 Å². The minimum atomic E-state index is -1.17. The quantitative estimate of drug-likeness (QED) is 0.311. The van der Waals surface area contributed by atoms with E-state index in [1.807, 2.05) is 30.3 Å². The zero-order valence-corrected chi connectivity index (χ0v) is 18.1. The zero-order valence-electron chi connectivity index (χ0n) is 18.1. The van der Waals surface area contributed by atoms with E-state index in [2.05, 4.69) is 20.6 Å². The summed E-state index contributed by atoms with van der Waals surface area (Å²) < 4.78 is 0. The maximum Gasteiger partial charge on any atom is 0.322 e. The normalized spacial score (nSPS) is 17.2. The second-order valence-electron chi connectivity index (χ2n) is 7.94. The van der Waals surface area contributed by atoms with E-state index in [-0.39, 0.29) is 12.8 Å². The monoisotopic (exact) mass is 456 g/mol. The molecule has 3 amide bonds. The number of aromatic nitrogens is 2. The van der Waals surface area contributed by atoms with E-state index in [4.69, 9.17) is 10.8 Å². The van der Waals surface area contributed by atoms with Crippen LogP contribution in [0.1, 0.15) is 24.1 Å². The largest absolute Gasteiger partial charge is 0.480 e. The number of imidazole rings is 1. The molecule has 0 saturated carbocycles. The summed E-state index contributed by atoms with van der Waals surface area (Å²) in [6, 6.07) is 6.59. The lowest BCUT2D eigenvalue weighted by Crippen LogP contribution is -2.56. The van der Waals surface area contributed by atoms with Crippen LogP contribution >= 0.6 is 0 Å². The van der Waals surface area contributed by atoms with E-state index >= 15 is 0 Å². The van der Waals surface area contributed by atoms with Crippen molar-refractivity contribution >= 4 is 23.7 Å². The number of nitrogens with zero attached hydrogens (tertiary/aromatic N) is 2. The molecule has 1 fully saturated rings. The van der Waals surface area contributed by atoms with Crippen molar-refractivity contribution in [1.29, 1.82) is 0 Å². The Hall–Kier alpha value is -3.73. The molecule has 1 aliphatic heterocycles. The molecule has 176 valence electrons. The number of hydrogen-bond donors (Lipinski definition) is 5. The highest BCUT2D eigenvalue weighted by Gasteiger charge is 2.38. The molecule has 3 atom stereocenters. The highest BCUT2D eigenvalue weighted by molar-refractivity contribution is 5.94. The van der Waals surface area contributed by atoms with Gasteiger partial charge in [0.15, 0.2) is 0 Å². The standard InChI is InChI=1S/C22H28N6O5/c23-16(10-15-11-24-13-26-15)20(31)27-17(9-14-5-2-1-3-6-14)22(33)28-8-4-7-18(28)21(32)25-12-19(29)30/h1-3,5-6,11,13,16-18H,4,7-10,12,23H2,(H,24,26)(H,25,32)(H,27,31)(H,29,30). The Labute approximate surface area is 190 Å². The van der Waals surface area contributed by atoms with Crippen LogP contribution < -0.4 is 16.4 Å². The lowest BCUT2D eigenvalue weighted by molar-refractivity contribution is -0.142. The fraction of sp³-hybridized carbons (Fsp3) is 0.409. The van der Waals surface area contributed by atoms with Crippen LogP contribution in [0.2, 0.25) is 0 Å². The van der Waals surface area contributed by atoms with Crippen molar-refractivity contribution < 1.29 is 24.3 Å². The highest BCUT2D eigenvalue weighted by atomic mass is 16.4. The lowest BCUT2D eigenvalue weighted by Gasteiger charge is -2.29. The van der Waals surface area contributed by atoms with Crippen LogP contribution in [0.15, 0.2) is 42.9 Å². The van der Waals surface area contributed by atoms with Crippen LogP contribution in [0, 0.1) is 0 Å². The predicted octanol–water partition coefficient (Wildman–Crippen LogP) is -0.801. The number of carbonyl (C=O) groups is 4. The van der Waals surface area contributed by atoms with Crippen molar-refractivity contribution in [3.8, 4) is 0 Å². The van der Waals surface area contributed by atoms with E-state index in [0.717, 1.165) is 5.56 Å². The van der Waals surface area contributed by atoms with Crippen LogP contribution in [0.4, 0.5) is 0 Å². The lowest BCUT2D eigenvalue weighted by atomic mass is 10.0. The number of carboxylic acid groups (broad SMARTS) is 1. The molecule has 2 aromatic rings. The van der Waals surface area contributed by atoms with E-state index < -0.39 is 48.4 Å². The van der Waals surface area contributed by atoms with Gasteiger partial charge in [0.2, 0.25) is 17.7 Å². The van der Waals surface area contributed by atoms with Crippen molar-refractivity contribution in [3.63, 3.8) is 0 Å². The third kappa shape index (κ3) is 6.62. The van der Waals surface area contributed by atoms with Gasteiger partial charge in [0.1, 0.15) is 18.6 Å². The second kappa shape index (κ2) is 11.2. The Morgan fingerprint density at radius 2 is 1.97 bits per heavy atom. The maximum atomic E-state index is 13.4. The minimum absolute atomic E-state index is 0.224. The molecule has 0 radical (unpaired) electrons. The molecule has 3 rings (SSSR count). The van der Waals surface area contributed by atoms with Gasteiger partial charge >= 0.3 is 5.97 Å². The molecular formula is C22H28N6O5. The van der Waals surface area contributed by atoms with Crippen LogP contribution in [-0.4, -0.2) is 74.9 Å². The first-order chi connectivity index (χ1) is 15.8. The number of nitrogens with two attached hydrogens (primary N) is 1. The van der Waals surface area contributed by atoms with E-state index in [0.29, 0.717) is 25.1 Å². The van der Waals surface area contributed by atoms with Gasteiger partial charge < -0.3 is 31.4 Å². The average Bonchev–Trinajstić information content (AvgIpc) is 3.49. The number of amides is 3. The SMILES string of the molecule is NC(Cc1cnc[nH]1)C(=O)NC(Cc1ccccc1)C(=O)N1CCCC1C(=O)NCC(=O)O. The number of carbonyl (C=O) groups excluding carboxylic acids is 3. The van der Waals surface area contributed by atoms with Gasteiger partial charge in [0.25, 0.3) is 0 Å². The van der Waals surface area contributed by atoms with Crippen molar-refractivity contribution in [1.82, 2.24) is 25.5 Å². The Kier molecular flexibility index (Phi) is 8.14. The number of H-pyrrole nitrogens is 1. The van der Waals surface area contributed by atoms with Crippen LogP contribution in [0.25, 0.3) is 0 Å². The smallest absolute Gasteiger partial charge is 0.322 e. The minimum Gasteiger partial charge on any atom is -0.480 e. The molecule has 2 heterocycles. The van der Waals surface area contributed by atoms with Gasteiger partial charge in [-0.3, -0.25) is 19.2 Å². The molecule has 1 aromatic carbocycles. The Morgan fingerprint density at radius 1 is 1.21 bits per heavy atom. The van der Waals surface area contributed by atoms with Crippen LogP contribution in [0.3, 0.4) is 0 Å². The number of nitrogens with one attached hydrogen (secondary N) is 3. The summed E-state index contributed by atoms with van der Waals surface area (Å²) in [5.41, 5.74) is 7.57. The summed E-state index contributed by atoms with van der Waals surface area (Å²) in [7, 11) is 0. The van der Waals surface area contributed by atoms with E-state index in [1.165, 1.54) is 11.2 Å². The van der Waals surface area contributed by atoms with Crippen molar-refractivity contribution in [2.24, 2.45) is 5.73 Å². The molecule has 11 nitrogen and oxygen atoms in total. The first-order valence-corrected chi connectivity index (χ1v) is 10.7. The number of hydrogen-bond acceptors (Lipinski definition) is 6. The summed E-state index contributed by atoms with van der Waals surface area (Å²) in [6.07, 6.45) is 4.53. The fourth-order valence-corrected chi connectivity index (χ4v) is 3.84. The highest BCUT2D eigenvalue weighted by Crippen LogP contribution is 2.20. The molecule has 0 aliphatic carbocycles. The average molecular weight is 457 g/mol. The van der Waals surface area contributed by atoms with Gasteiger partial charge in [-0.1, -0.05) is 30.3 Å². The molecule has 1 saturated heterocycles. The molecule has 3 unspecified atom stereocenters. The first kappa shape index (κ1) is 23.9. The Balaban J connectivity index is 1.73. The van der Waals surface area contributed by atoms with Gasteiger partial charge in [0.05, 0.1) is 12.4 Å². The van der Waals surface area contributed by atoms with Crippen molar-refractivity contribution in [2.75, 3.05) is 13.1 Å². The summed E-state index contributed by atoms with van der Waals surface area (Å²) >= 11 is 0. The topological polar surface area (TPSA) is 171 Å². The number of likely N-dealkylation sites (tertiary alicyclic amines) is 1. The van der Waals surface area contributed by atoms with E-state index in [1.54, 1.807) is 6.20 Å². The number of aromatic amines is 1.